The molecule has 0 heterocycles. The zero-order chi connectivity index (χ0) is 11.8. The van der Waals surface area contributed by atoms with Crippen LogP contribution in [-0.2, 0) is 6.42 Å². The van der Waals surface area contributed by atoms with Crippen LogP contribution in [0.4, 0.5) is 0 Å². The fraction of sp³-hybridized carbons (Fsp3) is 0.571. The summed E-state index contributed by atoms with van der Waals surface area (Å²) in [5.41, 5.74) is 1.43. The first-order valence-corrected chi connectivity index (χ1v) is 7.03. The molecule has 0 saturated carbocycles. The van der Waals surface area contributed by atoms with Crippen molar-refractivity contribution >= 4 is 15.9 Å². The van der Waals surface area contributed by atoms with Crippen molar-refractivity contribution < 1.29 is 0 Å². The standard InChI is InChI=1S/C14H22BrN/c1-3-11-16-14(4-2)10-7-12-5-8-13(15)9-6-12/h5-6,8-9,14,16H,3-4,7,10-11H2,1-2H3. The zero-order valence-electron chi connectivity index (χ0n) is 10.3. The smallest absolute Gasteiger partial charge is 0.0175 e. The van der Waals surface area contributed by atoms with E-state index in [-0.39, 0.29) is 0 Å². The fourth-order valence-electron chi connectivity index (χ4n) is 1.79. The maximum Gasteiger partial charge on any atom is 0.0175 e. The second-order valence-electron chi connectivity index (χ2n) is 4.22. The van der Waals surface area contributed by atoms with E-state index in [1.807, 2.05) is 0 Å². The predicted molar refractivity (Wildman–Crippen MR) is 74.8 cm³/mol. The minimum absolute atomic E-state index is 0.670. The molecular weight excluding hydrogens is 262 g/mol. The summed E-state index contributed by atoms with van der Waals surface area (Å²) in [6.07, 6.45) is 4.84. The molecule has 0 aliphatic heterocycles. The summed E-state index contributed by atoms with van der Waals surface area (Å²) in [5, 5.41) is 3.59. The molecule has 1 unspecified atom stereocenters. The third kappa shape index (κ3) is 5.13. The molecule has 90 valence electrons. The van der Waals surface area contributed by atoms with Crippen molar-refractivity contribution in [2.75, 3.05) is 6.54 Å². The molecule has 0 aliphatic rings. The first kappa shape index (κ1) is 13.7. The van der Waals surface area contributed by atoms with Gasteiger partial charge in [-0.05, 0) is 49.9 Å². The average molecular weight is 284 g/mol. The summed E-state index contributed by atoms with van der Waals surface area (Å²) >= 11 is 3.46. The first-order valence-electron chi connectivity index (χ1n) is 6.24. The molecule has 1 N–H and O–H groups in total. The third-order valence-corrected chi connectivity index (χ3v) is 3.40. The number of halogens is 1. The number of rotatable bonds is 7. The van der Waals surface area contributed by atoms with Crippen LogP contribution in [0.3, 0.4) is 0 Å². The third-order valence-electron chi connectivity index (χ3n) is 2.87. The lowest BCUT2D eigenvalue weighted by atomic mass is 10.0. The topological polar surface area (TPSA) is 12.0 Å². The highest BCUT2D eigenvalue weighted by molar-refractivity contribution is 9.10. The van der Waals surface area contributed by atoms with Crippen LogP contribution in [-0.4, -0.2) is 12.6 Å². The van der Waals surface area contributed by atoms with E-state index >= 15 is 0 Å². The lowest BCUT2D eigenvalue weighted by Gasteiger charge is -2.16. The van der Waals surface area contributed by atoms with E-state index in [0.717, 1.165) is 11.0 Å². The monoisotopic (exact) mass is 283 g/mol. The Kier molecular flexibility index (Phi) is 6.74. The van der Waals surface area contributed by atoms with Crippen molar-refractivity contribution in [1.29, 1.82) is 0 Å². The molecule has 1 nitrogen and oxygen atoms in total. The molecule has 1 aromatic carbocycles. The van der Waals surface area contributed by atoms with Crippen LogP contribution < -0.4 is 5.32 Å². The Morgan fingerprint density at radius 2 is 1.88 bits per heavy atom. The Labute approximate surface area is 108 Å². The van der Waals surface area contributed by atoms with Crippen molar-refractivity contribution in [3.63, 3.8) is 0 Å². The van der Waals surface area contributed by atoms with Crippen LogP contribution in [0.1, 0.15) is 38.7 Å². The summed E-state index contributed by atoms with van der Waals surface area (Å²) in [6, 6.07) is 9.32. The second kappa shape index (κ2) is 7.86. The van der Waals surface area contributed by atoms with Gasteiger partial charge in [-0.15, -0.1) is 0 Å². The van der Waals surface area contributed by atoms with Gasteiger partial charge < -0.3 is 5.32 Å². The molecule has 0 fully saturated rings. The first-order chi connectivity index (χ1) is 7.76. The van der Waals surface area contributed by atoms with E-state index in [1.165, 1.54) is 31.2 Å². The fourth-order valence-corrected chi connectivity index (χ4v) is 2.06. The molecule has 0 amide bonds. The Balaban J connectivity index is 2.34. The molecule has 2 heteroatoms. The summed E-state index contributed by atoms with van der Waals surface area (Å²) < 4.78 is 1.16. The summed E-state index contributed by atoms with van der Waals surface area (Å²) in [7, 11) is 0. The molecular formula is C14H22BrN. The van der Waals surface area contributed by atoms with Crippen LogP contribution in [0.15, 0.2) is 28.7 Å². The minimum atomic E-state index is 0.670. The van der Waals surface area contributed by atoms with Gasteiger partial charge in [-0.25, -0.2) is 0 Å². The van der Waals surface area contributed by atoms with Gasteiger partial charge in [-0.2, -0.15) is 0 Å². The van der Waals surface area contributed by atoms with Gasteiger partial charge in [0.05, 0.1) is 0 Å². The van der Waals surface area contributed by atoms with Gasteiger partial charge in [0.1, 0.15) is 0 Å². The average Bonchev–Trinajstić information content (AvgIpc) is 2.32. The lowest BCUT2D eigenvalue weighted by Crippen LogP contribution is -2.29. The van der Waals surface area contributed by atoms with Crippen LogP contribution in [0.5, 0.6) is 0 Å². The van der Waals surface area contributed by atoms with Gasteiger partial charge in [-0.1, -0.05) is 41.9 Å². The number of nitrogens with one attached hydrogen (secondary N) is 1. The highest BCUT2D eigenvalue weighted by Gasteiger charge is 2.04. The van der Waals surface area contributed by atoms with Crippen LogP contribution in [0.25, 0.3) is 0 Å². The van der Waals surface area contributed by atoms with E-state index in [2.05, 4.69) is 59.4 Å². The second-order valence-corrected chi connectivity index (χ2v) is 5.14. The quantitative estimate of drug-likeness (QED) is 0.792. The maximum absolute atomic E-state index is 3.59. The van der Waals surface area contributed by atoms with Crippen molar-refractivity contribution in [3.8, 4) is 0 Å². The molecule has 1 aromatic rings. The van der Waals surface area contributed by atoms with Crippen molar-refractivity contribution in [3.05, 3.63) is 34.3 Å². The highest BCUT2D eigenvalue weighted by Crippen LogP contribution is 2.13. The van der Waals surface area contributed by atoms with Crippen LogP contribution >= 0.6 is 15.9 Å². The van der Waals surface area contributed by atoms with Gasteiger partial charge in [0, 0.05) is 10.5 Å². The van der Waals surface area contributed by atoms with Crippen molar-refractivity contribution in [1.82, 2.24) is 5.32 Å². The van der Waals surface area contributed by atoms with E-state index < -0.39 is 0 Å². The van der Waals surface area contributed by atoms with E-state index in [9.17, 15) is 0 Å². The Bertz CT molecular complexity index is 281. The van der Waals surface area contributed by atoms with E-state index in [0.29, 0.717) is 6.04 Å². The predicted octanol–water partition coefficient (Wildman–Crippen LogP) is 4.16. The summed E-state index contributed by atoms with van der Waals surface area (Å²) in [5.74, 6) is 0. The molecule has 1 rings (SSSR count). The Morgan fingerprint density at radius 1 is 1.19 bits per heavy atom. The summed E-state index contributed by atoms with van der Waals surface area (Å²) in [6.45, 7) is 5.61. The Hall–Kier alpha value is -0.340. The van der Waals surface area contributed by atoms with Crippen molar-refractivity contribution in [2.45, 2.75) is 45.6 Å². The van der Waals surface area contributed by atoms with E-state index in [4.69, 9.17) is 0 Å². The summed E-state index contributed by atoms with van der Waals surface area (Å²) in [4.78, 5) is 0. The number of benzene rings is 1. The van der Waals surface area contributed by atoms with Crippen LogP contribution in [0, 0.1) is 0 Å². The zero-order valence-corrected chi connectivity index (χ0v) is 11.9. The number of hydrogen-bond donors (Lipinski definition) is 1. The number of aryl methyl sites for hydroxylation is 1. The maximum atomic E-state index is 3.59. The largest absolute Gasteiger partial charge is 0.314 e. The molecule has 0 aliphatic carbocycles. The van der Waals surface area contributed by atoms with E-state index in [1.54, 1.807) is 0 Å². The molecule has 16 heavy (non-hydrogen) atoms. The van der Waals surface area contributed by atoms with Gasteiger partial charge >= 0.3 is 0 Å². The lowest BCUT2D eigenvalue weighted by molar-refractivity contribution is 0.468. The molecule has 0 spiro atoms. The Morgan fingerprint density at radius 3 is 2.44 bits per heavy atom. The molecule has 0 aromatic heterocycles. The molecule has 1 atom stereocenters. The van der Waals surface area contributed by atoms with Gasteiger partial charge in [-0.3, -0.25) is 0 Å². The van der Waals surface area contributed by atoms with Crippen LogP contribution in [0.2, 0.25) is 0 Å². The molecule has 0 radical (unpaired) electrons. The number of hydrogen-bond acceptors (Lipinski definition) is 1. The van der Waals surface area contributed by atoms with Crippen molar-refractivity contribution in [2.24, 2.45) is 0 Å². The minimum Gasteiger partial charge on any atom is -0.314 e. The van der Waals surface area contributed by atoms with Gasteiger partial charge in [0.15, 0.2) is 0 Å². The normalized spacial score (nSPS) is 12.7. The van der Waals surface area contributed by atoms with Gasteiger partial charge in [0.25, 0.3) is 0 Å². The molecule has 0 saturated heterocycles. The van der Waals surface area contributed by atoms with Gasteiger partial charge in [0.2, 0.25) is 0 Å². The SMILES string of the molecule is CCCNC(CC)CCc1ccc(Br)cc1. The highest BCUT2D eigenvalue weighted by atomic mass is 79.9. The molecule has 0 bridgehead atoms.